The number of aromatic hydroxyl groups is 1. The Morgan fingerprint density at radius 3 is 2.62 bits per heavy atom. The Morgan fingerprint density at radius 2 is 1.90 bits per heavy atom. The van der Waals surface area contributed by atoms with Crippen molar-refractivity contribution in [3.05, 3.63) is 58.4 Å². The third-order valence-corrected chi connectivity index (χ3v) is 5.58. The van der Waals surface area contributed by atoms with Crippen molar-refractivity contribution in [2.24, 2.45) is 0 Å². The molecule has 0 saturated carbocycles. The molecule has 3 aromatic rings. The van der Waals surface area contributed by atoms with Crippen molar-refractivity contribution in [2.75, 3.05) is 13.7 Å². The number of fused-ring (bicyclic) bond motifs is 1. The fourth-order valence-electron chi connectivity index (χ4n) is 3.82. The van der Waals surface area contributed by atoms with E-state index >= 15 is 0 Å². The lowest BCUT2D eigenvalue weighted by atomic mass is 10.0. The average molecular weight is 395 g/mol. The number of benzene rings is 2. The maximum atomic E-state index is 13.0. The molecule has 152 valence electrons. The molecule has 1 atom stereocenters. The number of rotatable bonds is 5. The Labute approximate surface area is 169 Å². The van der Waals surface area contributed by atoms with E-state index < -0.39 is 0 Å². The summed E-state index contributed by atoms with van der Waals surface area (Å²) < 4.78 is 16.6. The number of ether oxygens (including phenoxy) is 2. The molecule has 2 aromatic carbocycles. The molecule has 0 amide bonds. The minimum absolute atomic E-state index is 0.102. The van der Waals surface area contributed by atoms with Crippen molar-refractivity contribution >= 4 is 11.0 Å². The standard InChI is InChI=1S/C23H25NO5/c1-15-5-3-4-12-24(15)13-19-20(25)11-10-18-22(26)21(14-28-23(18)19)29-17-8-6-16(27-2)7-9-17/h6-11,14-15,25H,3-5,12-13H2,1-2H3. The smallest absolute Gasteiger partial charge is 0.235 e. The van der Waals surface area contributed by atoms with Gasteiger partial charge in [0.2, 0.25) is 11.2 Å². The first-order valence-corrected chi connectivity index (χ1v) is 9.89. The first-order chi connectivity index (χ1) is 14.1. The summed E-state index contributed by atoms with van der Waals surface area (Å²) in [5.74, 6) is 1.46. The highest BCUT2D eigenvalue weighted by Gasteiger charge is 2.22. The second-order valence-electron chi connectivity index (χ2n) is 7.46. The van der Waals surface area contributed by atoms with Crippen LogP contribution < -0.4 is 14.9 Å². The number of nitrogens with zero attached hydrogens (tertiary/aromatic N) is 1. The fourth-order valence-corrected chi connectivity index (χ4v) is 3.82. The van der Waals surface area contributed by atoms with Crippen LogP contribution >= 0.6 is 0 Å². The van der Waals surface area contributed by atoms with Gasteiger partial charge >= 0.3 is 0 Å². The summed E-state index contributed by atoms with van der Waals surface area (Å²) in [5.41, 5.74) is 0.786. The molecule has 1 aliphatic heterocycles. The highest BCUT2D eigenvalue weighted by molar-refractivity contribution is 5.83. The number of hydrogen-bond donors (Lipinski definition) is 1. The predicted octanol–water partition coefficient (Wildman–Crippen LogP) is 4.67. The van der Waals surface area contributed by atoms with Crippen molar-refractivity contribution in [3.8, 4) is 23.0 Å². The number of phenolic OH excluding ortho intramolecular Hbond substituents is 1. The normalized spacial score (nSPS) is 17.4. The van der Waals surface area contributed by atoms with E-state index in [4.69, 9.17) is 13.9 Å². The molecule has 1 aromatic heterocycles. The highest BCUT2D eigenvalue weighted by atomic mass is 16.5. The van der Waals surface area contributed by atoms with Gasteiger partial charge in [-0.1, -0.05) is 6.42 Å². The second kappa shape index (κ2) is 8.17. The van der Waals surface area contributed by atoms with Gasteiger partial charge in [-0.2, -0.15) is 0 Å². The van der Waals surface area contributed by atoms with E-state index in [1.54, 1.807) is 43.5 Å². The molecule has 2 heterocycles. The van der Waals surface area contributed by atoms with Crippen LogP contribution in [0.4, 0.5) is 0 Å². The SMILES string of the molecule is COc1ccc(Oc2coc3c(CN4CCCCC4C)c(O)ccc3c2=O)cc1. The minimum Gasteiger partial charge on any atom is -0.507 e. The van der Waals surface area contributed by atoms with Gasteiger partial charge in [0.25, 0.3) is 0 Å². The summed E-state index contributed by atoms with van der Waals surface area (Å²) in [7, 11) is 1.59. The molecule has 6 nitrogen and oxygen atoms in total. The summed E-state index contributed by atoms with van der Waals surface area (Å²) in [6.45, 7) is 3.71. The zero-order valence-electron chi connectivity index (χ0n) is 16.7. The number of hydrogen-bond acceptors (Lipinski definition) is 6. The largest absolute Gasteiger partial charge is 0.507 e. The molecule has 0 aliphatic carbocycles. The summed E-state index contributed by atoms with van der Waals surface area (Å²) in [4.78, 5) is 15.3. The number of methoxy groups -OCH3 is 1. The lowest BCUT2D eigenvalue weighted by Crippen LogP contribution is -2.36. The van der Waals surface area contributed by atoms with Gasteiger partial charge in [-0.3, -0.25) is 9.69 Å². The highest BCUT2D eigenvalue weighted by Crippen LogP contribution is 2.31. The molecule has 1 fully saturated rings. The van der Waals surface area contributed by atoms with E-state index in [2.05, 4.69) is 11.8 Å². The first-order valence-electron chi connectivity index (χ1n) is 9.89. The Morgan fingerprint density at radius 1 is 1.14 bits per heavy atom. The minimum atomic E-state index is -0.269. The second-order valence-corrected chi connectivity index (χ2v) is 7.46. The number of phenols is 1. The van der Waals surface area contributed by atoms with Crippen LogP contribution in [0.2, 0.25) is 0 Å². The molecule has 1 unspecified atom stereocenters. The van der Waals surface area contributed by atoms with E-state index in [-0.39, 0.29) is 16.9 Å². The Bertz CT molecular complexity index is 1060. The number of likely N-dealkylation sites (tertiary alicyclic amines) is 1. The molecule has 1 saturated heterocycles. The van der Waals surface area contributed by atoms with Crippen molar-refractivity contribution < 1.29 is 19.0 Å². The van der Waals surface area contributed by atoms with Crippen LogP contribution in [0.15, 0.2) is 51.9 Å². The Balaban J connectivity index is 1.67. The molecular formula is C23H25NO5. The lowest BCUT2D eigenvalue weighted by Gasteiger charge is -2.33. The molecule has 1 aliphatic rings. The molecule has 0 bridgehead atoms. The molecule has 0 radical (unpaired) electrons. The third kappa shape index (κ3) is 3.93. The lowest BCUT2D eigenvalue weighted by molar-refractivity contribution is 0.151. The third-order valence-electron chi connectivity index (χ3n) is 5.58. The van der Waals surface area contributed by atoms with Crippen LogP contribution in [-0.4, -0.2) is 29.7 Å². The molecular weight excluding hydrogens is 370 g/mol. The van der Waals surface area contributed by atoms with Crippen molar-refractivity contribution in [1.29, 1.82) is 0 Å². The first kappa shape index (κ1) is 19.3. The predicted molar refractivity (Wildman–Crippen MR) is 111 cm³/mol. The van der Waals surface area contributed by atoms with Crippen molar-refractivity contribution in [2.45, 2.75) is 38.8 Å². The van der Waals surface area contributed by atoms with Crippen LogP contribution in [-0.2, 0) is 6.54 Å². The van der Waals surface area contributed by atoms with E-state index in [9.17, 15) is 9.90 Å². The summed E-state index contributed by atoms with van der Waals surface area (Å²) in [6, 6.07) is 10.5. The Kier molecular flexibility index (Phi) is 5.45. The topological polar surface area (TPSA) is 72.1 Å². The van der Waals surface area contributed by atoms with Crippen molar-refractivity contribution in [1.82, 2.24) is 4.90 Å². The Hall–Kier alpha value is -2.99. The summed E-state index contributed by atoms with van der Waals surface area (Å²) in [5, 5.41) is 10.8. The maximum absolute atomic E-state index is 13.0. The van der Waals surface area contributed by atoms with E-state index in [1.807, 2.05) is 0 Å². The van der Waals surface area contributed by atoms with Gasteiger partial charge < -0.3 is 19.0 Å². The average Bonchev–Trinajstić information content (AvgIpc) is 2.74. The van der Waals surface area contributed by atoms with Crippen LogP contribution in [0.3, 0.4) is 0 Å². The van der Waals surface area contributed by atoms with Gasteiger partial charge in [-0.15, -0.1) is 0 Å². The quantitative estimate of drug-likeness (QED) is 0.677. The zero-order chi connectivity index (χ0) is 20.4. The maximum Gasteiger partial charge on any atom is 0.235 e. The van der Waals surface area contributed by atoms with Gasteiger partial charge in [0.15, 0.2) is 0 Å². The van der Waals surface area contributed by atoms with Crippen molar-refractivity contribution in [3.63, 3.8) is 0 Å². The monoisotopic (exact) mass is 395 g/mol. The van der Waals surface area contributed by atoms with Crippen LogP contribution in [0.25, 0.3) is 11.0 Å². The molecule has 1 N–H and O–H groups in total. The molecule has 0 spiro atoms. The molecule has 29 heavy (non-hydrogen) atoms. The van der Waals surface area contributed by atoms with Gasteiger partial charge in [0, 0.05) is 12.6 Å². The van der Waals surface area contributed by atoms with Gasteiger partial charge in [-0.05, 0) is 62.7 Å². The fraction of sp³-hybridized carbons (Fsp3) is 0.348. The van der Waals surface area contributed by atoms with E-state index in [0.29, 0.717) is 40.6 Å². The van der Waals surface area contributed by atoms with Crippen LogP contribution in [0.5, 0.6) is 23.0 Å². The number of piperidine rings is 1. The van der Waals surface area contributed by atoms with Gasteiger partial charge in [0.1, 0.15) is 29.1 Å². The van der Waals surface area contributed by atoms with Crippen LogP contribution in [0.1, 0.15) is 31.7 Å². The van der Waals surface area contributed by atoms with Gasteiger partial charge in [0.05, 0.1) is 18.1 Å². The van der Waals surface area contributed by atoms with Gasteiger partial charge in [-0.25, -0.2) is 0 Å². The summed E-state index contributed by atoms with van der Waals surface area (Å²) in [6.07, 6.45) is 4.81. The molecule has 6 heteroatoms. The van der Waals surface area contributed by atoms with E-state index in [0.717, 1.165) is 19.4 Å². The summed E-state index contributed by atoms with van der Waals surface area (Å²) >= 11 is 0. The van der Waals surface area contributed by atoms with Crippen LogP contribution in [0, 0.1) is 0 Å². The zero-order valence-corrected chi connectivity index (χ0v) is 16.7. The van der Waals surface area contributed by atoms with E-state index in [1.165, 1.54) is 12.7 Å². The molecule has 4 rings (SSSR count).